The number of sulfone groups is 1. The smallest absolute Gasteiger partial charge is 0.220 e. The van der Waals surface area contributed by atoms with Gasteiger partial charge in [0.25, 0.3) is 0 Å². The fourth-order valence-electron chi connectivity index (χ4n) is 1.60. The molecule has 0 aliphatic carbocycles. The molecule has 20 heavy (non-hydrogen) atoms. The monoisotopic (exact) mass is 297 g/mol. The van der Waals surface area contributed by atoms with Crippen LogP contribution < -0.4 is 5.32 Å². The summed E-state index contributed by atoms with van der Waals surface area (Å²) >= 11 is 0. The van der Waals surface area contributed by atoms with Gasteiger partial charge >= 0.3 is 0 Å². The van der Waals surface area contributed by atoms with Gasteiger partial charge in [-0.1, -0.05) is 17.7 Å². The number of hydrogen-bond donors (Lipinski definition) is 1. The molecular weight excluding hydrogens is 278 g/mol. The van der Waals surface area contributed by atoms with E-state index in [0.717, 1.165) is 5.56 Å². The van der Waals surface area contributed by atoms with Crippen molar-refractivity contribution < 1.29 is 18.0 Å². The Balaban J connectivity index is 2.46. The fourth-order valence-corrected chi connectivity index (χ4v) is 2.91. The molecule has 0 spiro atoms. The summed E-state index contributed by atoms with van der Waals surface area (Å²) in [5.41, 5.74) is 0.993. The largest absolute Gasteiger partial charge is 0.349 e. The van der Waals surface area contributed by atoms with E-state index in [1.165, 1.54) is 6.92 Å². The lowest BCUT2D eigenvalue weighted by atomic mass is 10.2. The average molecular weight is 297 g/mol. The van der Waals surface area contributed by atoms with E-state index >= 15 is 0 Å². The van der Waals surface area contributed by atoms with Crippen molar-refractivity contribution in [3.8, 4) is 0 Å². The van der Waals surface area contributed by atoms with Gasteiger partial charge in [0.05, 0.1) is 17.2 Å². The third-order valence-corrected chi connectivity index (χ3v) is 4.55. The molecule has 0 aromatic heterocycles. The minimum Gasteiger partial charge on any atom is -0.349 e. The number of rotatable bonds is 7. The summed E-state index contributed by atoms with van der Waals surface area (Å²) < 4.78 is 24.0. The Labute approximate surface area is 119 Å². The van der Waals surface area contributed by atoms with Gasteiger partial charge in [0.15, 0.2) is 9.84 Å². The Bertz CT molecular complexity index is 576. The topological polar surface area (TPSA) is 80.3 Å². The second kappa shape index (κ2) is 7.19. The summed E-state index contributed by atoms with van der Waals surface area (Å²) in [6.45, 7) is 3.25. The minimum atomic E-state index is -3.35. The summed E-state index contributed by atoms with van der Waals surface area (Å²) in [5, 5.41) is 2.43. The molecular formula is C14H19NO4S. The van der Waals surface area contributed by atoms with Crippen LogP contribution in [0.5, 0.6) is 0 Å². The molecule has 1 aromatic rings. The molecule has 110 valence electrons. The number of hydrogen-bond acceptors (Lipinski definition) is 4. The predicted octanol–water partition coefficient (Wildman–Crippen LogP) is 1.25. The van der Waals surface area contributed by atoms with Crippen molar-refractivity contribution in [1.82, 2.24) is 5.32 Å². The van der Waals surface area contributed by atoms with Gasteiger partial charge in [-0.25, -0.2) is 8.42 Å². The molecule has 1 N–H and O–H groups in total. The van der Waals surface area contributed by atoms with E-state index in [1.807, 2.05) is 6.92 Å². The molecule has 1 aromatic carbocycles. The molecule has 0 heterocycles. The van der Waals surface area contributed by atoms with Gasteiger partial charge in [-0.2, -0.15) is 0 Å². The molecule has 0 saturated heterocycles. The Morgan fingerprint density at radius 1 is 1.15 bits per heavy atom. The molecule has 0 fully saturated rings. The number of ketones is 1. The molecule has 0 aliphatic heterocycles. The first-order valence-electron chi connectivity index (χ1n) is 6.37. The lowest BCUT2D eigenvalue weighted by molar-refractivity contribution is -0.124. The maximum Gasteiger partial charge on any atom is 0.220 e. The lowest BCUT2D eigenvalue weighted by Gasteiger charge is -2.05. The molecule has 5 nitrogen and oxygen atoms in total. The molecule has 6 heteroatoms. The minimum absolute atomic E-state index is 0.0104. The first-order chi connectivity index (χ1) is 9.31. The molecule has 0 saturated carbocycles. The third kappa shape index (κ3) is 5.52. The first kappa shape index (κ1) is 16.4. The molecule has 0 bridgehead atoms. The van der Waals surface area contributed by atoms with Crippen molar-refractivity contribution in [2.24, 2.45) is 0 Å². The van der Waals surface area contributed by atoms with Crippen LogP contribution in [-0.4, -0.2) is 32.4 Å². The highest BCUT2D eigenvalue weighted by molar-refractivity contribution is 7.91. The molecule has 0 unspecified atom stereocenters. The Morgan fingerprint density at radius 2 is 1.75 bits per heavy atom. The normalized spacial score (nSPS) is 11.1. The fraction of sp³-hybridized carbons (Fsp3) is 0.429. The summed E-state index contributed by atoms with van der Waals surface area (Å²) in [4.78, 5) is 22.3. The van der Waals surface area contributed by atoms with Crippen LogP contribution in [0.2, 0.25) is 0 Å². The maximum absolute atomic E-state index is 12.0. The summed E-state index contributed by atoms with van der Waals surface area (Å²) in [5.74, 6) is -0.520. The van der Waals surface area contributed by atoms with Gasteiger partial charge < -0.3 is 5.32 Å². The van der Waals surface area contributed by atoms with Crippen molar-refractivity contribution in [2.75, 3.05) is 12.3 Å². The highest BCUT2D eigenvalue weighted by atomic mass is 32.2. The Kier molecular flexibility index (Phi) is 5.88. The summed E-state index contributed by atoms with van der Waals surface area (Å²) in [6, 6.07) is 6.62. The zero-order chi connectivity index (χ0) is 15.2. The molecule has 0 atom stereocenters. The van der Waals surface area contributed by atoms with Crippen LogP contribution in [0.15, 0.2) is 29.2 Å². The van der Waals surface area contributed by atoms with Crippen molar-refractivity contribution >= 4 is 21.5 Å². The second-order valence-corrected chi connectivity index (χ2v) is 6.82. The van der Waals surface area contributed by atoms with E-state index in [1.54, 1.807) is 24.3 Å². The van der Waals surface area contributed by atoms with Gasteiger partial charge in [-0.05, 0) is 32.4 Å². The van der Waals surface area contributed by atoms with Gasteiger partial charge in [0.1, 0.15) is 5.78 Å². The molecule has 1 amide bonds. The highest BCUT2D eigenvalue weighted by Crippen LogP contribution is 2.13. The second-order valence-electron chi connectivity index (χ2n) is 4.71. The number of benzene rings is 1. The van der Waals surface area contributed by atoms with Crippen LogP contribution in [0.25, 0.3) is 0 Å². The van der Waals surface area contributed by atoms with E-state index in [4.69, 9.17) is 0 Å². The zero-order valence-corrected chi connectivity index (χ0v) is 12.5. The number of carbonyl (C=O) groups excluding carboxylic acids is 2. The van der Waals surface area contributed by atoms with Gasteiger partial charge in [0.2, 0.25) is 5.91 Å². The Hall–Kier alpha value is -1.69. The van der Waals surface area contributed by atoms with Gasteiger partial charge in [-0.15, -0.1) is 0 Å². The van der Waals surface area contributed by atoms with Crippen molar-refractivity contribution in [2.45, 2.75) is 31.6 Å². The molecule has 0 aliphatic rings. The predicted molar refractivity (Wildman–Crippen MR) is 76.2 cm³/mol. The highest BCUT2D eigenvalue weighted by Gasteiger charge is 2.14. The standard InChI is InChI=1S/C14H19NO4S/c1-11-5-7-13(8-6-11)20(18,19)9-3-4-14(17)15-10-12(2)16/h5-8H,3-4,9-10H2,1-2H3,(H,15,17). The van der Waals surface area contributed by atoms with Crippen LogP contribution in [0.4, 0.5) is 0 Å². The first-order valence-corrected chi connectivity index (χ1v) is 8.02. The van der Waals surface area contributed by atoms with Crippen molar-refractivity contribution in [3.63, 3.8) is 0 Å². The lowest BCUT2D eigenvalue weighted by Crippen LogP contribution is -2.28. The van der Waals surface area contributed by atoms with Crippen LogP contribution in [-0.2, 0) is 19.4 Å². The van der Waals surface area contributed by atoms with E-state index in [9.17, 15) is 18.0 Å². The number of amides is 1. The van der Waals surface area contributed by atoms with Crippen LogP contribution >= 0.6 is 0 Å². The van der Waals surface area contributed by atoms with Crippen molar-refractivity contribution in [3.05, 3.63) is 29.8 Å². The quantitative estimate of drug-likeness (QED) is 0.821. The van der Waals surface area contributed by atoms with E-state index < -0.39 is 9.84 Å². The van der Waals surface area contributed by atoms with E-state index in [0.29, 0.717) is 0 Å². The summed E-state index contributed by atoms with van der Waals surface area (Å²) in [7, 11) is -3.35. The SMILES string of the molecule is CC(=O)CNC(=O)CCCS(=O)(=O)c1ccc(C)cc1. The van der Waals surface area contributed by atoms with Crippen LogP contribution in [0, 0.1) is 6.92 Å². The van der Waals surface area contributed by atoms with Crippen LogP contribution in [0.3, 0.4) is 0 Å². The molecule has 0 radical (unpaired) electrons. The van der Waals surface area contributed by atoms with Gasteiger partial charge in [-0.3, -0.25) is 9.59 Å². The number of aryl methyl sites for hydroxylation is 1. The third-order valence-electron chi connectivity index (χ3n) is 2.73. The van der Waals surface area contributed by atoms with E-state index in [-0.39, 0.29) is 41.7 Å². The van der Waals surface area contributed by atoms with E-state index in [2.05, 4.69) is 5.32 Å². The number of Topliss-reactive ketones (excluding diaryl/α,β-unsaturated/α-hetero) is 1. The van der Waals surface area contributed by atoms with Crippen LogP contribution in [0.1, 0.15) is 25.3 Å². The molecule has 1 rings (SSSR count). The maximum atomic E-state index is 12.0. The summed E-state index contributed by atoms with van der Waals surface area (Å²) in [6.07, 6.45) is 0.332. The zero-order valence-electron chi connectivity index (χ0n) is 11.7. The Morgan fingerprint density at radius 3 is 2.30 bits per heavy atom. The number of carbonyl (C=O) groups is 2. The van der Waals surface area contributed by atoms with Crippen molar-refractivity contribution in [1.29, 1.82) is 0 Å². The van der Waals surface area contributed by atoms with Gasteiger partial charge in [0, 0.05) is 6.42 Å². The average Bonchev–Trinajstić information content (AvgIpc) is 2.36. The number of nitrogens with one attached hydrogen (secondary N) is 1.